The Bertz CT molecular complexity index is 620. The molecule has 0 aliphatic rings. The van der Waals surface area contributed by atoms with Gasteiger partial charge in [-0.05, 0) is 28.8 Å². The second-order valence-electron chi connectivity index (χ2n) is 4.80. The van der Waals surface area contributed by atoms with Gasteiger partial charge < -0.3 is 9.72 Å². The van der Waals surface area contributed by atoms with Crippen LogP contribution in [0.5, 0.6) is 0 Å². The number of methoxy groups -OCH3 is 1. The van der Waals surface area contributed by atoms with Gasteiger partial charge in [-0.2, -0.15) is 11.3 Å². The van der Waals surface area contributed by atoms with Gasteiger partial charge in [0.05, 0.1) is 0 Å². The molecule has 0 amide bonds. The molecular formula is C14H19N3O3S. The summed E-state index contributed by atoms with van der Waals surface area (Å²) in [4.78, 5) is 29.7. The van der Waals surface area contributed by atoms with Crippen molar-refractivity contribution >= 4 is 11.3 Å². The number of hydrogen-bond donors (Lipinski definition) is 2. The average Bonchev–Trinajstić information content (AvgIpc) is 2.90. The summed E-state index contributed by atoms with van der Waals surface area (Å²) in [6.07, 6.45) is 0.897. The van der Waals surface area contributed by atoms with Crippen molar-refractivity contribution in [1.29, 1.82) is 0 Å². The Kier molecular flexibility index (Phi) is 5.91. The molecule has 2 N–H and O–H groups in total. The van der Waals surface area contributed by atoms with Crippen LogP contribution in [-0.4, -0.2) is 35.1 Å². The van der Waals surface area contributed by atoms with Crippen LogP contribution in [0.4, 0.5) is 0 Å². The number of ether oxygens (including phenoxy) is 1. The highest BCUT2D eigenvalue weighted by atomic mass is 32.1. The van der Waals surface area contributed by atoms with E-state index in [2.05, 4.69) is 26.3 Å². The third kappa shape index (κ3) is 5.30. The molecule has 0 atom stereocenters. The third-order valence-electron chi connectivity index (χ3n) is 3.02. The van der Waals surface area contributed by atoms with Crippen LogP contribution in [0.25, 0.3) is 0 Å². The van der Waals surface area contributed by atoms with Crippen molar-refractivity contribution in [2.75, 3.05) is 20.3 Å². The molecule has 21 heavy (non-hydrogen) atoms. The van der Waals surface area contributed by atoms with Crippen molar-refractivity contribution < 1.29 is 4.74 Å². The van der Waals surface area contributed by atoms with Crippen molar-refractivity contribution in [2.24, 2.45) is 0 Å². The van der Waals surface area contributed by atoms with Crippen LogP contribution in [-0.2, 0) is 17.8 Å². The SMILES string of the molecule is COCCCN(Cc1ccsc1)Cc1cc(=O)[nH]c(=O)[nH]1. The summed E-state index contributed by atoms with van der Waals surface area (Å²) in [5.74, 6) is 0. The van der Waals surface area contributed by atoms with E-state index in [9.17, 15) is 9.59 Å². The maximum atomic E-state index is 11.4. The number of thiophene rings is 1. The van der Waals surface area contributed by atoms with Gasteiger partial charge >= 0.3 is 5.69 Å². The summed E-state index contributed by atoms with van der Waals surface area (Å²) < 4.78 is 5.08. The fraction of sp³-hybridized carbons (Fsp3) is 0.429. The van der Waals surface area contributed by atoms with Crippen molar-refractivity contribution in [3.05, 3.63) is 55.0 Å². The minimum atomic E-state index is -0.468. The monoisotopic (exact) mass is 309 g/mol. The maximum Gasteiger partial charge on any atom is 0.325 e. The zero-order valence-corrected chi connectivity index (χ0v) is 12.7. The van der Waals surface area contributed by atoms with Crippen LogP contribution in [0.2, 0.25) is 0 Å². The van der Waals surface area contributed by atoms with Crippen molar-refractivity contribution in [3.63, 3.8) is 0 Å². The number of rotatable bonds is 8. The molecule has 0 bridgehead atoms. The quantitative estimate of drug-likeness (QED) is 0.717. The minimum Gasteiger partial charge on any atom is -0.385 e. The Labute approximate surface area is 126 Å². The van der Waals surface area contributed by atoms with E-state index in [1.807, 2.05) is 5.38 Å². The van der Waals surface area contributed by atoms with Gasteiger partial charge in [0.2, 0.25) is 0 Å². The molecule has 114 valence electrons. The van der Waals surface area contributed by atoms with Crippen LogP contribution >= 0.6 is 11.3 Å². The van der Waals surface area contributed by atoms with E-state index in [4.69, 9.17) is 4.74 Å². The summed E-state index contributed by atoms with van der Waals surface area (Å²) in [5.41, 5.74) is 1.01. The number of aromatic amines is 2. The van der Waals surface area contributed by atoms with Gasteiger partial charge in [-0.15, -0.1) is 0 Å². The Hall–Kier alpha value is -1.70. The molecule has 0 saturated carbocycles. The van der Waals surface area contributed by atoms with E-state index >= 15 is 0 Å². The number of hydrogen-bond acceptors (Lipinski definition) is 5. The summed E-state index contributed by atoms with van der Waals surface area (Å²) in [6.45, 7) is 2.82. The second kappa shape index (κ2) is 7.92. The lowest BCUT2D eigenvalue weighted by Gasteiger charge is -2.21. The smallest absolute Gasteiger partial charge is 0.325 e. The van der Waals surface area contributed by atoms with Crippen LogP contribution in [0.1, 0.15) is 17.7 Å². The van der Waals surface area contributed by atoms with Gasteiger partial charge in [0.15, 0.2) is 0 Å². The molecule has 0 unspecified atom stereocenters. The van der Waals surface area contributed by atoms with Gasteiger partial charge in [-0.1, -0.05) is 0 Å². The van der Waals surface area contributed by atoms with Crippen LogP contribution < -0.4 is 11.2 Å². The molecule has 2 heterocycles. The van der Waals surface area contributed by atoms with E-state index in [-0.39, 0.29) is 5.56 Å². The average molecular weight is 309 g/mol. The van der Waals surface area contributed by atoms with Crippen LogP contribution in [0.3, 0.4) is 0 Å². The molecular weight excluding hydrogens is 290 g/mol. The molecule has 2 rings (SSSR count). The van der Waals surface area contributed by atoms with E-state index in [1.165, 1.54) is 11.6 Å². The Morgan fingerprint density at radius 3 is 2.81 bits per heavy atom. The van der Waals surface area contributed by atoms with Gasteiger partial charge in [-0.3, -0.25) is 14.7 Å². The lowest BCUT2D eigenvalue weighted by Crippen LogP contribution is -2.29. The summed E-state index contributed by atoms with van der Waals surface area (Å²) in [7, 11) is 1.68. The molecule has 0 spiro atoms. The lowest BCUT2D eigenvalue weighted by molar-refractivity contribution is 0.166. The van der Waals surface area contributed by atoms with E-state index in [0.29, 0.717) is 18.8 Å². The second-order valence-corrected chi connectivity index (χ2v) is 5.58. The van der Waals surface area contributed by atoms with E-state index in [0.717, 1.165) is 19.5 Å². The Morgan fingerprint density at radius 1 is 1.29 bits per heavy atom. The largest absolute Gasteiger partial charge is 0.385 e. The summed E-state index contributed by atoms with van der Waals surface area (Å²) in [6, 6.07) is 3.51. The number of nitrogens with one attached hydrogen (secondary N) is 2. The standard InChI is InChI=1S/C14H19N3O3S/c1-20-5-2-4-17(8-11-3-6-21-10-11)9-12-7-13(18)16-14(19)15-12/h3,6-7,10H,2,4-5,8-9H2,1H3,(H2,15,16,18,19). The zero-order valence-electron chi connectivity index (χ0n) is 11.9. The highest BCUT2D eigenvalue weighted by Gasteiger charge is 2.09. The third-order valence-corrected chi connectivity index (χ3v) is 3.75. The predicted octanol–water partition coefficient (Wildman–Crippen LogP) is 1.16. The van der Waals surface area contributed by atoms with Gasteiger partial charge in [0.25, 0.3) is 5.56 Å². The molecule has 0 aliphatic carbocycles. The topological polar surface area (TPSA) is 78.2 Å². The fourth-order valence-corrected chi connectivity index (χ4v) is 2.79. The van der Waals surface area contributed by atoms with Crippen molar-refractivity contribution in [3.8, 4) is 0 Å². The molecule has 6 nitrogen and oxygen atoms in total. The number of H-pyrrole nitrogens is 2. The Balaban J connectivity index is 2.06. The molecule has 0 fully saturated rings. The molecule has 2 aromatic heterocycles. The summed E-state index contributed by atoms with van der Waals surface area (Å²) in [5, 5.41) is 4.14. The van der Waals surface area contributed by atoms with E-state index < -0.39 is 5.69 Å². The lowest BCUT2D eigenvalue weighted by atomic mass is 10.2. The molecule has 0 aliphatic heterocycles. The normalized spacial score (nSPS) is 11.1. The minimum absolute atomic E-state index is 0.374. The maximum absolute atomic E-state index is 11.4. The first-order valence-corrected chi connectivity index (χ1v) is 7.66. The fourth-order valence-electron chi connectivity index (χ4n) is 2.13. The van der Waals surface area contributed by atoms with Gasteiger partial charge in [0.1, 0.15) is 0 Å². The molecule has 0 radical (unpaired) electrons. The van der Waals surface area contributed by atoms with Gasteiger partial charge in [0, 0.05) is 45.1 Å². The first-order valence-electron chi connectivity index (χ1n) is 6.72. The molecule has 2 aromatic rings. The molecule has 0 aromatic carbocycles. The first kappa shape index (κ1) is 15.7. The zero-order chi connectivity index (χ0) is 15.1. The van der Waals surface area contributed by atoms with Crippen molar-refractivity contribution in [1.82, 2.24) is 14.9 Å². The molecule has 7 heteroatoms. The van der Waals surface area contributed by atoms with Gasteiger partial charge in [-0.25, -0.2) is 4.79 Å². The number of nitrogens with zero attached hydrogens (tertiary/aromatic N) is 1. The molecule has 0 saturated heterocycles. The van der Waals surface area contributed by atoms with Crippen LogP contribution in [0, 0.1) is 0 Å². The highest BCUT2D eigenvalue weighted by Crippen LogP contribution is 2.11. The number of aromatic nitrogens is 2. The van der Waals surface area contributed by atoms with E-state index in [1.54, 1.807) is 18.4 Å². The van der Waals surface area contributed by atoms with Crippen LogP contribution in [0.15, 0.2) is 32.5 Å². The van der Waals surface area contributed by atoms with Crippen molar-refractivity contribution in [2.45, 2.75) is 19.5 Å². The predicted molar refractivity (Wildman–Crippen MR) is 82.6 cm³/mol. The first-order chi connectivity index (χ1) is 10.2. The highest BCUT2D eigenvalue weighted by molar-refractivity contribution is 7.07. The Morgan fingerprint density at radius 2 is 2.14 bits per heavy atom. The summed E-state index contributed by atoms with van der Waals surface area (Å²) >= 11 is 1.66.